The minimum atomic E-state index is -4.52. The summed E-state index contributed by atoms with van der Waals surface area (Å²) in [6.45, 7) is 1.19. The monoisotopic (exact) mass is 457 g/mol. The van der Waals surface area contributed by atoms with Crippen LogP contribution in [0.5, 0.6) is 0 Å². The molecule has 1 aliphatic rings. The molecular weight excluding hydrogens is 435 g/mol. The van der Waals surface area contributed by atoms with E-state index in [0.717, 1.165) is 31.4 Å². The number of nitrogens with one attached hydrogen (secondary N) is 1. The lowest BCUT2D eigenvalue weighted by molar-refractivity contribution is -0.383. The van der Waals surface area contributed by atoms with Crippen molar-refractivity contribution in [2.75, 3.05) is 23.3 Å². The molecule has 2 heterocycles. The van der Waals surface area contributed by atoms with Gasteiger partial charge in [-0.2, -0.15) is 13.2 Å². The van der Waals surface area contributed by atoms with Crippen molar-refractivity contribution >= 4 is 23.0 Å². The molecule has 10 heteroatoms. The minimum absolute atomic E-state index is 0.0548. The van der Waals surface area contributed by atoms with E-state index in [4.69, 9.17) is 0 Å². The van der Waals surface area contributed by atoms with Gasteiger partial charge in [-0.05, 0) is 48.9 Å². The number of benzene rings is 2. The van der Waals surface area contributed by atoms with Gasteiger partial charge in [-0.15, -0.1) is 0 Å². The van der Waals surface area contributed by atoms with Gasteiger partial charge in [-0.3, -0.25) is 10.1 Å². The number of halogens is 3. The third-order valence-electron chi connectivity index (χ3n) is 5.72. The Kier molecular flexibility index (Phi) is 6.43. The first-order valence-corrected chi connectivity index (χ1v) is 10.5. The third kappa shape index (κ3) is 5.39. The molecule has 0 spiro atoms. The minimum Gasteiger partial charge on any atom is -0.351 e. The van der Waals surface area contributed by atoms with Gasteiger partial charge in [0.15, 0.2) is 0 Å². The van der Waals surface area contributed by atoms with Gasteiger partial charge in [-0.25, -0.2) is 9.97 Å². The topological polar surface area (TPSA) is 84.2 Å². The van der Waals surface area contributed by atoms with Crippen LogP contribution in [0.25, 0.3) is 0 Å². The molecule has 33 heavy (non-hydrogen) atoms. The fourth-order valence-electron chi connectivity index (χ4n) is 4.07. The molecule has 1 fully saturated rings. The van der Waals surface area contributed by atoms with Crippen LogP contribution in [0.4, 0.5) is 36.2 Å². The van der Waals surface area contributed by atoms with Crippen molar-refractivity contribution < 1.29 is 18.1 Å². The van der Waals surface area contributed by atoms with E-state index in [0.29, 0.717) is 19.0 Å². The first-order valence-electron chi connectivity index (χ1n) is 10.5. The van der Waals surface area contributed by atoms with Gasteiger partial charge >= 0.3 is 11.9 Å². The predicted molar refractivity (Wildman–Crippen MR) is 118 cm³/mol. The molecular formula is C23H22F3N5O2. The first kappa shape index (κ1) is 22.5. The van der Waals surface area contributed by atoms with Gasteiger partial charge in [0.1, 0.15) is 6.33 Å². The molecule has 1 aliphatic heterocycles. The van der Waals surface area contributed by atoms with Crippen LogP contribution in [0.2, 0.25) is 0 Å². The maximum absolute atomic E-state index is 13.0. The zero-order chi connectivity index (χ0) is 23.4. The number of piperidine rings is 1. The van der Waals surface area contributed by atoms with Crippen molar-refractivity contribution in [1.29, 1.82) is 0 Å². The molecule has 2 aromatic carbocycles. The molecule has 4 rings (SSSR count). The second-order valence-corrected chi connectivity index (χ2v) is 7.98. The zero-order valence-corrected chi connectivity index (χ0v) is 17.6. The van der Waals surface area contributed by atoms with E-state index in [1.165, 1.54) is 24.0 Å². The van der Waals surface area contributed by atoms with Crippen molar-refractivity contribution in [3.63, 3.8) is 0 Å². The van der Waals surface area contributed by atoms with E-state index in [1.807, 2.05) is 23.1 Å². The molecule has 0 unspecified atom stereocenters. The molecule has 1 saturated heterocycles. The van der Waals surface area contributed by atoms with Crippen LogP contribution in [0.15, 0.2) is 60.9 Å². The van der Waals surface area contributed by atoms with E-state index in [9.17, 15) is 23.3 Å². The summed E-state index contributed by atoms with van der Waals surface area (Å²) in [6, 6.07) is 14.6. The third-order valence-corrected chi connectivity index (χ3v) is 5.72. The summed E-state index contributed by atoms with van der Waals surface area (Å²) in [7, 11) is 0. The van der Waals surface area contributed by atoms with E-state index in [2.05, 4.69) is 27.4 Å². The highest BCUT2D eigenvalue weighted by Gasteiger charge is 2.32. The molecule has 0 aliphatic carbocycles. The fourth-order valence-corrected chi connectivity index (χ4v) is 4.07. The second kappa shape index (κ2) is 9.43. The summed E-state index contributed by atoms with van der Waals surface area (Å²) in [5.74, 6) is 0.491. The molecule has 0 saturated carbocycles. The Morgan fingerprint density at radius 2 is 1.79 bits per heavy atom. The van der Waals surface area contributed by atoms with Crippen LogP contribution in [0.1, 0.15) is 24.0 Å². The van der Waals surface area contributed by atoms with E-state index >= 15 is 0 Å². The number of alkyl halides is 3. The first-order chi connectivity index (χ1) is 15.8. The highest BCUT2D eigenvalue weighted by Crippen LogP contribution is 2.37. The Bertz CT molecular complexity index is 1120. The second-order valence-electron chi connectivity index (χ2n) is 7.98. The van der Waals surface area contributed by atoms with Crippen LogP contribution >= 0.6 is 0 Å². The van der Waals surface area contributed by atoms with E-state index in [1.54, 1.807) is 0 Å². The van der Waals surface area contributed by atoms with E-state index in [-0.39, 0.29) is 23.0 Å². The Morgan fingerprint density at radius 3 is 2.45 bits per heavy atom. The van der Waals surface area contributed by atoms with Crippen LogP contribution in [0.3, 0.4) is 0 Å². The summed E-state index contributed by atoms with van der Waals surface area (Å²) < 4.78 is 39.1. The highest BCUT2D eigenvalue weighted by atomic mass is 19.4. The summed E-state index contributed by atoms with van der Waals surface area (Å²) in [5, 5.41) is 14.6. The lowest BCUT2D eigenvalue weighted by atomic mass is 9.90. The summed E-state index contributed by atoms with van der Waals surface area (Å²) >= 11 is 0. The summed E-state index contributed by atoms with van der Waals surface area (Å²) in [4.78, 5) is 21.2. The maximum Gasteiger partial charge on any atom is 0.416 e. The zero-order valence-electron chi connectivity index (χ0n) is 17.6. The molecule has 1 aromatic heterocycles. The van der Waals surface area contributed by atoms with Gasteiger partial charge in [0.05, 0.1) is 10.5 Å². The summed E-state index contributed by atoms with van der Waals surface area (Å²) in [5.41, 5.74) is 0.108. The molecule has 172 valence electrons. The van der Waals surface area contributed by atoms with Crippen molar-refractivity contribution in [2.45, 2.75) is 25.4 Å². The highest BCUT2D eigenvalue weighted by molar-refractivity contribution is 5.74. The largest absolute Gasteiger partial charge is 0.416 e. The number of hydrogen-bond donors (Lipinski definition) is 1. The quantitative estimate of drug-likeness (QED) is 0.383. The normalized spacial score (nSPS) is 14.8. The Morgan fingerprint density at radius 1 is 1.06 bits per heavy atom. The molecule has 0 bridgehead atoms. The molecule has 1 N–H and O–H groups in total. The molecule has 0 radical (unpaired) electrons. The lowest BCUT2D eigenvalue weighted by Gasteiger charge is -2.32. The van der Waals surface area contributed by atoms with Crippen LogP contribution < -0.4 is 10.2 Å². The predicted octanol–water partition coefficient (Wildman–Crippen LogP) is 5.61. The smallest absolute Gasteiger partial charge is 0.351 e. The van der Waals surface area contributed by atoms with E-state index < -0.39 is 16.7 Å². The van der Waals surface area contributed by atoms with Gasteiger partial charge in [0, 0.05) is 18.8 Å². The van der Waals surface area contributed by atoms with Gasteiger partial charge in [-0.1, -0.05) is 36.4 Å². The molecule has 0 atom stereocenters. The average molecular weight is 457 g/mol. The van der Waals surface area contributed by atoms with Gasteiger partial charge < -0.3 is 10.2 Å². The fraction of sp³-hybridized carbons (Fsp3) is 0.304. The van der Waals surface area contributed by atoms with Crippen molar-refractivity contribution in [2.24, 2.45) is 5.92 Å². The molecule has 3 aromatic rings. The standard InChI is InChI=1S/C23H22F3N5O2/c24-23(25,26)18-7-4-8-19(14-18)29-21-20(31(32)33)22(28-15-27-21)30-11-9-17(10-12-30)13-16-5-2-1-3-6-16/h1-8,14-15,17H,9-13H2,(H,27,28,29). The van der Waals surface area contributed by atoms with Crippen LogP contribution in [-0.2, 0) is 12.6 Å². The van der Waals surface area contributed by atoms with Crippen molar-refractivity contribution in [1.82, 2.24) is 9.97 Å². The summed E-state index contributed by atoms with van der Waals surface area (Å²) in [6.07, 6.45) is -0.680. The van der Waals surface area contributed by atoms with Crippen LogP contribution in [0, 0.1) is 16.0 Å². The Hall–Kier alpha value is -3.69. The van der Waals surface area contributed by atoms with Crippen LogP contribution in [-0.4, -0.2) is 28.0 Å². The maximum atomic E-state index is 13.0. The SMILES string of the molecule is O=[N+]([O-])c1c(Nc2cccc(C(F)(F)F)c2)ncnc1N1CCC(Cc2ccccc2)CC1. The van der Waals surface area contributed by atoms with Gasteiger partial charge in [0.25, 0.3) is 0 Å². The number of aromatic nitrogens is 2. The number of nitrogens with zero attached hydrogens (tertiary/aromatic N) is 4. The van der Waals surface area contributed by atoms with Crippen molar-refractivity contribution in [3.05, 3.63) is 82.2 Å². The average Bonchev–Trinajstić information content (AvgIpc) is 2.80. The number of rotatable bonds is 6. The molecule has 0 amide bonds. The molecule has 7 nitrogen and oxygen atoms in total. The lowest BCUT2D eigenvalue weighted by Crippen LogP contribution is -2.35. The number of nitro groups is 1. The number of hydrogen-bond acceptors (Lipinski definition) is 6. The Labute approximate surface area is 188 Å². The Balaban J connectivity index is 1.52. The van der Waals surface area contributed by atoms with Crippen molar-refractivity contribution in [3.8, 4) is 0 Å². The van der Waals surface area contributed by atoms with Gasteiger partial charge in [0.2, 0.25) is 11.6 Å². The number of anilines is 3.